The molecular weight excluding hydrogens is 492 g/mol. The largest absolute Gasteiger partial charge is 0.494 e. The molecule has 12 heteroatoms. The number of benzene rings is 2. The second kappa shape index (κ2) is 12.0. The van der Waals surface area contributed by atoms with Crippen LogP contribution in [-0.2, 0) is 24.1 Å². The van der Waals surface area contributed by atoms with Crippen molar-refractivity contribution < 1.29 is 42.2 Å². The van der Waals surface area contributed by atoms with E-state index in [0.717, 1.165) is 0 Å². The predicted octanol–water partition coefficient (Wildman–Crippen LogP) is 1.50. The highest BCUT2D eigenvalue weighted by Crippen LogP contribution is 2.35. The molecule has 0 radical (unpaired) electrons. The number of hydrogen-bond donors (Lipinski definition) is 3. The molecule has 0 aromatic heterocycles. The van der Waals surface area contributed by atoms with Gasteiger partial charge in [-0.3, -0.25) is 14.8 Å². The van der Waals surface area contributed by atoms with Crippen LogP contribution in [0.2, 0.25) is 0 Å². The van der Waals surface area contributed by atoms with Gasteiger partial charge in [0.15, 0.2) is 14.6 Å². The zero-order valence-corrected chi connectivity index (χ0v) is 20.5. The number of rotatable bonds is 10. The normalized spacial score (nSPS) is 14.9. The molecule has 2 aromatic carbocycles. The van der Waals surface area contributed by atoms with Crippen molar-refractivity contribution in [3.8, 4) is 5.75 Å². The van der Waals surface area contributed by atoms with Crippen LogP contribution < -0.4 is 15.5 Å². The number of carbonyl (C=O) groups excluding carboxylic acids is 3. The van der Waals surface area contributed by atoms with Gasteiger partial charge in [-0.1, -0.05) is 0 Å². The predicted molar refractivity (Wildman–Crippen MR) is 127 cm³/mol. The van der Waals surface area contributed by atoms with Crippen molar-refractivity contribution in [3.05, 3.63) is 59.7 Å². The van der Waals surface area contributed by atoms with Gasteiger partial charge < -0.3 is 19.5 Å². The average Bonchev–Trinajstić information content (AvgIpc) is 2.92. The SMILES string of the molecule is COC(=O)c1ccc(C(=O)NCCCOc2ccc(S(=O)(=O)C3(C(=O)NO)CCOCC3)cc2)cc1. The van der Waals surface area contributed by atoms with E-state index < -0.39 is 26.5 Å². The summed E-state index contributed by atoms with van der Waals surface area (Å²) in [6.07, 6.45) is 0.355. The molecule has 0 saturated carbocycles. The molecule has 1 aliphatic rings. The first-order valence-corrected chi connectivity index (χ1v) is 12.7. The van der Waals surface area contributed by atoms with Crippen LogP contribution in [-0.4, -0.2) is 69.6 Å². The number of carbonyl (C=O) groups is 3. The number of methoxy groups -OCH3 is 1. The Morgan fingerprint density at radius 3 is 2.19 bits per heavy atom. The summed E-state index contributed by atoms with van der Waals surface area (Å²) in [6, 6.07) is 11.8. The topological polar surface area (TPSA) is 157 Å². The van der Waals surface area contributed by atoms with Crippen molar-refractivity contribution in [3.63, 3.8) is 0 Å². The highest BCUT2D eigenvalue weighted by molar-refractivity contribution is 7.93. The minimum absolute atomic E-state index is 0.0640. The molecule has 36 heavy (non-hydrogen) atoms. The second-order valence-corrected chi connectivity index (χ2v) is 10.3. The zero-order valence-electron chi connectivity index (χ0n) is 19.7. The fraction of sp³-hybridized carbons (Fsp3) is 0.375. The molecule has 3 rings (SSSR count). The van der Waals surface area contributed by atoms with Crippen LogP contribution in [0.3, 0.4) is 0 Å². The minimum atomic E-state index is -4.11. The van der Waals surface area contributed by atoms with Gasteiger partial charge in [-0.2, -0.15) is 0 Å². The van der Waals surface area contributed by atoms with Crippen LogP contribution in [0.1, 0.15) is 40.0 Å². The Kier molecular flexibility index (Phi) is 9.02. The molecule has 0 spiro atoms. The van der Waals surface area contributed by atoms with E-state index in [1.165, 1.54) is 61.1 Å². The number of nitrogens with one attached hydrogen (secondary N) is 2. The van der Waals surface area contributed by atoms with Crippen LogP contribution in [0.15, 0.2) is 53.4 Å². The summed E-state index contributed by atoms with van der Waals surface area (Å²) >= 11 is 0. The van der Waals surface area contributed by atoms with Crippen molar-refractivity contribution in [2.45, 2.75) is 28.9 Å². The lowest BCUT2D eigenvalue weighted by Gasteiger charge is -2.34. The van der Waals surface area contributed by atoms with E-state index >= 15 is 0 Å². The third kappa shape index (κ3) is 5.83. The van der Waals surface area contributed by atoms with Crippen molar-refractivity contribution in [2.75, 3.05) is 33.5 Å². The van der Waals surface area contributed by atoms with Gasteiger partial charge in [0.1, 0.15) is 5.75 Å². The molecule has 1 fully saturated rings. The molecule has 0 atom stereocenters. The van der Waals surface area contributed by atoms with Gasteiger partial charge in [-0.05, 0) is 67.8 Å². The number of esters is 1. The first-order chi connectivity index (χ1) is 17.2. The number of hydrogen-bond acceptors (Lipinski definition) is 9. The van der Waals surface area contributed by atoms with Crippen LogP contribution in [0, 0.1) is 0 Å². The van der Waals surface area contributed by atoms with Gasteiger partial charge in [0.25, 0.3) is 11.8 Å². The highest BCUT2D eigenvalue weighted by atomic mass is 32.2. The Labute approximate surface area is 208 Å². The molecule has 2 amide bonds. The first kappa shape index (κ1) is 27.1. The highest BCUT2D eigenvalue weighted by Gasteiger charge is 2.52. The second-order valence-electron chi connectivity index (χ2n) is 8.05. The number of hydroxylamine groups is 1. The van der Waals surface area contributed by atoms with Gasteiger partial charge in [0.05, 0.1) is 24.2 Å². The molecule has 1 heterocycles. The smallest absolute Gasteiger partial charge is 0.337 e. The summed E-state index contributed by atoms with van der Waals surface area (Å²) in [5.41, 5.74) is 2.23. The Hall–Kier alpha value is -3.48. The molecule has 194 valence electrons. The number of amides is 2. The lowest BCUT2D eigenvalue weighted by molar-refractivity contribution is -0.134. The lowest BCUT2D eigenvalue weighted by Crippen LogP contribution is -2.54. The van der Waals surface area contributed by atoms with Gasteiger partial charge in [-0.25, -0.2) is 18.7 Å². The van der Waals surface area contributed by atoms with Crippen molar-refractivity contribution in [2.24, 2.45) is 0 Å². The summed E-state index contributed by atoms with van der Waals surface area (Å²) < 4.78 is 40.1. The van der Waals surface area contributed by atoms with Crippen molar-refractivity contribution in [1.82, 2.24) is 10.8 Å². The lowest BCUT2D eigenvalue weighted by atomic mass is 9.98. The summed E-state index contributed by atoms with van der Waals surface area (Å²) in [4.78, 5) is 35.9. The van der Waals surface area contributed by atoms with Gasteiger partial charge in [-0.15, -0.1) is 0 Å². The van der Waals surface area contributed by atoms with Gasteiger partial charge in [0, 0.05) is 25.3 Å². The third-order valence-electron chi connectivity index (χ3n) is 5.91. The number of sulfone groups is 1. The Morgan fingerprint density at radius 1 is 1.00 bits per heavy atom. The molecule has 0 aliphatic carbocycles. The fourth-order valence-electron chi connectivity index (χ4n) is 3.80. The summed E-state index contributed by atoms with van der Waals surface area (Å²) in [6.45, 7) is 0.777. The zero-order chi connectivity index (χ0) is 26.2. The van der Waals surface area contributed by atoms with Crippen LogP contribution in [0.5, 0.6) is 5.75 Å². The van der Waals surface area contributed by atoms with E-state index in [1.807, 2.05) is 0 Å². The van der Waals surface area contributed by atoms with E-state index in [-0.39, 0.29) is 43.5 Å². The maximum atomic E-state index is 13.2. The van der Waals surface area contributed by atoms with E-state index in [9.17, 15) is 22.8 Å². The van der Waals surface area contributed by atoms with Crippen molar-refractivity contribution in [1.29, 1.82) is 0 Å². The molecule has 3 N–H and O–H groups in total. The molecule has 1 saturated heterocycles. The molecular formula is C24H28N2O9S. The van der Waals surface area contributed by atoms with Gasteiger partial charge >= 0.3 is 5.97 Å². The Balaban J connectivity index is 1.50. The molecule has 1 aliphatic heterocycles. The monoisotopic (exact) mass is 520 g/mol. The van der Waals surface area contributed by atoms with Crippen LogP contribution in [0.25, 0.3) is 0 Å². The average molecular weight is 521 g/mol. The van der Waals surface area contributed by atoms with Gasteiger partial charge in [0.2, 0.25) is 0 Å². The van der Waals surface area contributed by atoms with Crippen LogP contribution >= 0.6 is 0 Å². The fourth-order valence-corrected chi connectivity index (χ4v) is 5.74. The first-order valence-electron chi connectivity index (χ1n) is 11.2. The molecule has 2 aromatic rings. The maximum Gasteiger partial charge on any atom is 0.337 e. The van der Waals surface area contributed by atoms with Crippen LogP contribution in [0.4, 0.5) is 0 Å². The van der Waals surface area contributed by atoms with E-state index in [1.54, 1.807) is 0 Å². The quantitative estimate of drug-likeness (QED) is 0.183. The third-order valence-corrected chi connectivity index (χ3v) is 8.42. The van der Waals surface area contributed by atoms with E-state index in [0.29, 0.717) is 29.8 Å². The standard InChI is InChI=1S/C24H28N2O9S/c1-33-22(28)18-5-3-17(4-6-18)21(27)25-13-2-14-35-19-7-9-20(10-8-19)36(31,32)24(23(29)26-30)11-15-34-16-12-24/h3-10,30H,2,11-16H2,1H3,(H,25,27)(H,26,29). The van der Waals surface area contributed by atoms with E-state index in [2.05, 4.69) is 10.1 Å². The molecule has 0 unspecified atom stereocenters. The summed E-state index contributed by atoms with van der Waals surface area (Å²) in [5.74, 6) is -1.34. The summed E-state index contributed by atoms with van der Waals surface area (Å²) in [7, 11) is -2.83. The van der Waals surface area contributed by atoms with E-state index in [4.69, 9.17) is 14.7 Å². The minimum Gasteiger partial charge on any atom is -0.494 e. The Bertz CT molecular complexity index is 1170. The molecule has 0 bridgehead atoms. The molecule has 11 nitrogen and oxygen atoms in total. The maximum absolute atomic E-state index is 13.2. The Morgan fingerprint density at radius 2 is 1.61 bits per heavy atom. The number of ether oxygens (including phenoxy) is 3. The summed E-state index contributed by atoms with van der Waals surface area (Å²) in [5, 5.41) is 11.9. The van der Waals surface area contributed by atoms with Crippen molar-refractivity contribution >= 4 is 27.6 Å².